The highest BCUT2D eigenvalue weighted by Gasteiger charge is 2.38. The number of ether oxygens (including phenoxy) is 2. The van der Waals surface area contributed by atoms with E-state index < -0.39 is 28.1 Å². The first-order valence-electron chi connectivity index (χ1n) is 11.5. The van der Waals surface area contributed by atoms with Crippen LogP contribution in [0.3, 0.4) is 0 Å². The van der Waals surface area contributed by atoms with Gasteiger partial charge in [0.15, 0.2) is 0 Å². The van der Waals surface area contributed by atoms with Gasteiger partial charge in [-0.05, 0) is 67.0 Å². The third-order valence-corrected chi connectivity index (χ3v) is 10.4. The van der Waals surface area contributed by atoms with Crippen LogP contribution in [0, 0.1) is 0 Å². The van der Waals surface area contributed by atoms with E-state index in [2.05, 4.69) is 75.7 Å². The van der Waals surface area contributed by atoms with Gasteiger partial charge in [0.05, 0.1) is 41.5 Å². The Hall–Kier alpha value is -2.97. The number of methoxy groups -OCH3 is 2. The topological polar surface area (TPSA) is 52.6 Å². The highest BCUT2D eigenvalue weighted by atomic mass is 28.3. The third-order valence-electron chi connectivity index (χ3n) is 6.41. The predicted octanol–water partition coefficient (Wildman–Crippen LogP) is 5.81. The molecule has 4 aromatic carbocycles. The van der Waals surface area contributed by atoms with Crippen LogP contribution < -0.4 is 10.4 Å². The summed E-state index contributed by atoms with van der Waals surface area (Å²) in [6, 6.07) is 17.2. The Morgan fingerprint density at radius 1 is 0.588 bits per heavy atom. The van der Waals surface area contributed by atoms with Crippen LogP contribution in [0.25, 0.3) is 32.3 Å². The van der Waals surface area contributed by atoms with E-state index >= 15 is 0 Å². The highest BCUT2D eigenvalue weighted by Crippen LogP contribution is 2.31. The zero-order chi connectivity index (χ0) is 25.0. The molecular weight excluding hydrogens is 456 g/mol. The van der Waals surface area contributed by atoms with Crippen molar-refractivity contribution in [2.45, 2.75) is 39.3 Å². The highest BCUT2D eigenvalue weighted by molar-refractivity contribution is 6.94. The van der Waals surface area contributed by atoms with E-state index in [0.717, 1.165) is 31.9 Å². The first-order chi connectivity index (χ1) is 15.9. The molecule has 176 valence electrons. The minimum absolute atomic E-state index is 0.388. The Kier molecular flexibility index (Phi) is 5.94. The zero-order valence-electron chi connectivity index (χ0n) is 21.3. The lowest BCUT2D eigenvalue weighted by Crippen LogP contribution is -2.50. The fourth-order valence-corrected chi connectivity index (χ4v) is 9.08. The van der Waals surface area contributed by atoms with Crippen LogP contribution in [0.4, 0.5) is 0 Å². The molecule has 34 heavy (non-hydrogen) atoms. The molecule has 0 fully saturated rings. The lowest BCUT2D eigenvalue weighted by molar-refractivity contribution is 0.0558. The van der Waals surface area contributed by atoms with E-state index in [1.807, 2.05) is 12.1 Å². The van der Waals surface area contributed by atoms with Crippen molar-refractivity contribution in [2.75, 3.05) is 14.2 Å². The number of carbonyl (C=O) groups is 2. The Morgan fingerprint density at radius 3 is 1.24 bits per heavy atom. The Labute approximate surface area is 202 Å². The standard InChI is InChI=1S/C28H32O4Si2/c1-31-27(29)23-24(28(30)32-2)26(34(6,7)8)22-16-20-14-18-12-10-9-11-17(18)13-19(20)15-21(22)25(23)33(3,4)5/h9-16H,1-8H3. The quantitative estimate of drug-likeness (QED) is 0.207. The Morgan fingerprint density at radius 2 is 0.941 bits per heavy atom. The number of benzene rings is 4. The third kappa shape index (κ3) is 3.95. The second-order valence-corrected chi connectivity index (χ2v) is 20.9. The van der Waals surface area contributed by atoms with Crippen molar-refractivity contribution in [1.29, 1.82) is 0 Å². The molecule has 0 aromatic heterocycles. The van der Waals surface area contributed by atoms with E-state index in [0.29, 0.717) is 11.1 Å². The van der Waals surface area contributed by atoms with Crippen LogP contribution in [-0.2, 0) is 9.47 Å². The van der Waals surface area contributed by atoms with E-state index in [9.17, 15) is 9.59 Å². The summed E-state index contributed by atoms with van der Waals surface area (Å²) < 4.78 is 10.5. The number of esters is 2. The monoisotopic (exact) mass is 488 g/mol. The molecule has 0 aliphatic heterocycles. The molecule has 0 unspecified atom stereocenters. The van der Waals surface area contributed by atoms with E-state index in [4.69, 9.17) is 9.47 Å². The van der Waals surface area contributed by atoms with Gasteiger partial charge in [-0.3, -0.25) is 0 Å². The summed E-state index contributed by atoms with van der Waals surface area (Å²) in [5.41, 5.74) is 0.775. The first kappa shape index (κ1) is 24.2. The summed E-state index contributed by atoms with van der Waals surface area (Å²) in [5.74, 6) is -0.948. The number of carbonyl (C=O) groups excluding carboxylic acids is 2. The summed E-state index contributed by atoms with van der Waals surface area (Å²) >= 11 is 0. The van der Waals surface area contributed by atoms with Crippen LogP contribution in [-0.4, -0.2) is 42.3 Å². The molecule has 4 rings (SSSR count). The van der Waals surface area contributed by atoms with Crippen LogP contribution in [0.15, 0.2) is 48.5 Å². The second-order valence-electron chi connectivity index (χ2n) is 10.9. The molecule has 0 atom stereocenters. The smallest absolute Gasteiger partial charge is 0.338 e. The summed E-state index contributed by atoms with van der Waals surface area (Å²) in [6.45, 7) is 13.2. The van der Waals surface area contributed by atoms with Crippen molar-refractivity contribution < 1.29 is 19.1 Å². The lowest BCUT2D eigenvalue weighted by Gasteiger charge is -2.30. The van der Waals surface area contributed by atoms with E-state index in [1.165, 1.54) is 25.0 Å². The summed E-state index contributed by atoms with van der Waals surface area (Å²) in [4.78, 5) is 26.6. The van der Waals surface area contributed by atoms with Gasteiger partial charge in [-0.1, -0.05) is 63.5 Å². The van der Waals surface area contributed by atoms with E-state index in [1.54, 1.807) is 0 Å². The average Bonchev–Trinajstić information content (AvgIpc) is 2.77. The summed E-state index contributed by atoms with van der Waals surface area (Å²) in [6.07, 6.45) is 0. The van der Waals surface area contributed by atoms with Crippen LogP contribution in [0.2, 0.25) is 39.3 Å². The molecule has 0 amide bonds. The van der Waals surface area contributed by atoms with Crippen molar-refractivity contribution in [1.82, 2.24) is 0 Å². The van der Waals surface area contributed by atoms with Gasteiger partial charge >= 0.3 is 11.9 Å². The predicted molar refractivity (Wildman–Crippen MR) is 148 cm³/mol. The molecule has 0 radical (unpaired) electrons. The van der Waals surface area contributed by atoms with Crippen molar-refractivity contribution in [2.24, 2.45) is 0 Å². The molecule has 0 saturated heterocycles. The fraction of sp³-hybridized carbons (Fsp3) is 0.286. The molecule has 6 heteroatoms. The van der Waals surface area contributed by atoms with Gasteiger partial charge in [0.1, 0.15) is 0 Å². The van der Waals surface area contributed by atoms with Gasteiger partial charge in [-0.15, -0.1) is 0 Å². The van der Waals surface area contributed by atoms with Gasteiger partial charge in [0, 0.05) is 0 Å². The number of rotatable bonds is 4. The maximum absolute atomic E-state index is 13.3. The van der Waals surface area contributed by atoms with Gasteiger partial charge < -0.3 is 9.47 Å². The molecule has 0 bridgehead atoms. The van der Waals surface area contributed by atoms with Crippen molar-refractivity contribution in [3.8, 4) is 0 Å². The zero-order valence-corrected chi connectivity index (χ0v) is 23.3. The maximum atomic E-state index is 13.3. The molecule has 0 aliphatic rings. The molecule has 4 nitrogen and oxygen atoms in total. The van der Waals surface area contributed by atoms with Crippen molar-refractivity contribution in [3.63, 3.8) is 0 Å². The van der Waals surface area contributed by atoms with Gasteiger partial charge in [0.2, 0.25) is 0 Å². The first-order valence-corrected chi connectivity index (χ1v) is 18.5. The minimum atomic E-state index is -2.13. The molecule has 0 saturated carbocycles. The molecular formula is C28H32O4Si2. The average molecular weight is 489 g/mol. The molecule has 0 N–H and O–H groups in total. The van der Waals surface area contributed by atoms with Crippen molar-refractivity contribution >= 4 is 70.8 Å². The number of hydrogen-bond donors (Lipinski definition) is 0. The second kappa shape index (κ2) is 8.36. The van der Waals surface area contributed by atoms with Crippen LogP contribution in [0.5, 0.6) is 0 Å². The molecule has 0 aliphatic carbocycles. The van der Waals surface area contributed by atoms with Crippen molar-refractivity contribution in [3.05, 3.63) is 59.7 Å². The fourth-order valence-electron chi connectivity index (χ4n) is 5.10. The van der Waals surface area contributed by atoms with Gasteiger partial charge in [-0.2, -0.15) is 0 Å². The molecule has 4 aromatic rings. The van der Waals surface area contributed by atoms with E-state index in [-0.39, 0.29) is 0 Å². The Balaban J connectivity index is 2.36. The maximum Gasteiger partial charge on any atom is 0.338 e. The number of fused-ring (bicyclic) bond motifs is 3. The summed E-state index contributed by atoms with van der Waals surface area (Å²) in [5, 5.41) is 8.59. The van der Waals surface area contributed by atoms with Crippen LogP contribution in [0.1, 0.15) is 20.7 Å². The summed E-state index contributed by atoms with van der Waals surface area (Å²) in [7, 11) is -1.50. The Bertz CT molecular complexity index is 1360. The van der Waals surface area contributed by atoms with Gasteiger partial charge in [-0.25, -0.2) is 9.59 Å². The normalized spacial score (nSPS) is 12.4. The van der Waals surface area contributed by atoms with Gasteiger partial charge in [0.25, 0.3) is 0 Å². The minimum Gasteiger partial charge on any atom is -0.465 e. The van der Waals surface area contributed by atoms with Crippen LogP contribution >= 0.6 is 0 Å². The number of hydrogen-bond acceptors (Lipinski definition) is 4. The molecule has 0 heterocycles. The molecule has 0 spiro atoms. The largest absolute Gasteiger partial charge is 0.465 e. The SMILES string of the molecule is COC(=O)c1c(C(=O)OC)c([Si](C)(C)C)c2cc3cc4ccccc4cc3cc2c1[Si](C)(C)C. The lowest BCUT2D eigenvalue weighted by atomic mass is 9.95.